The minimum absolute atomic E-state index is 0.0531. The predicted molar refractivity (Wildman–Crippen MR) is 81.4 cm³/mol. The molecule has 0 radical (unpaired) electrons. The van der Waals surface area contributed by atoms with Gasteiger partial charge in [-0.1, -0.05) is 25.1 Å². The second-order valence-electron chi connectivity index (χ2n) is 5.69. The Hall–Kier alpha value is -0.900. The van der Waals surface area contributed by atoms with Crippen LogP contribution in [0.3, 0.4) is 0 Å². The molecule has 1 aliphatic heterocycles. The van der Waals surface area contributed by atoms with Gasteiger partial charge in [0.2, 0.25) is 0 Å². The Kier molecular flexibility index (Phi) is 3.37. The van der Waals surface area contributed by atoms with Gasteiger partial charge in [0.05, 0.1) is 12.2 Å². The zero-order valence-corrected chi connectivity index (χ0v) is 12.5. The van der Waals surface area contributed by atoms with E-state index in [9.17, 15) is 0 Å². The van der Waals surface area contributed by atoms with E-state index in [2.05, 4.69) is 50.4 Å². The Morgan fingerprint density at radius 2 is 1.95 bits per heavy atom. The lowest BCUT2D eigenvalue weighted by Gasteiger charge is -2.26. The standard InChI is InChI=1S/C16H21NOS/c1-9-10(2)18-11(3)14(9)15(17)13-6-4-5-12-7-8-19-16(12)13/h4-11,14-15H,17H2,1-3H3. The fraction of sp³-hybridized carbons (Fsp3) is 0.500. The fourth-order valence-corrected chi connectivity index (χ4v) is 4.36. The summed E-state index contributed by atoms with van der Waals surface area (Å²) >= 11 is 1.78. The number of thiophene rings is 1. The van der Waals surface area contributed by atoms with Gasteiger partial charge in [-0.25, -0.2) is 0 Å². The summed E-state index contributed by atoms with van der Waals surface area (Å²) in [6, 6.07) is 8.65. The van der Waals surface area contributed by atoms with Crippen LogP contribution >= 0.6 is 11.3 Å². The number of ether oxygens (including phenoxy) is 1. The predicted octanol–water partition coefficient (Wildman–Crippen LogP) is 3.96. The molecule has 2 nitrogen and oxygen atoms in total. The molecule has 2 heterocycles. The van der Waals surface area contributed by atoms with E-state index in [0.29, 0.717) is 17.9 Å². The highest BCUT2D eigenvalue weighted by atomic mass is 32.1. The first kappa shape index (κ1) is 13.1. The van der Waals surface area contributed by atoms with Crippen molar-refractivity contribution in [1.82, 2.24) is 0 Å². The van der Waals surface area contributed by atoms with Crippen LogP contribution in [0.2, 0.25) is 0 Å². The summed E-state index contributed by atoms with van der Waals surface area (Å²) in [6.07, 6.45) is 0.531. The van der Waals surface area contributed by atoms with Crippen LogP contribution in [0.4, 0.5) is 0 Å². The Bertz CT molecular complexity index is 579. The summed E-state index contributed by atoms with van der Waals surface area (Å²) in [4.78, 5) is 0. The summed E-state index contributed by atoms with van der Waals surface area (Å²) in [5.41, 5.74) is 7.87. The molecule has 5 unspecified atom stereocenters. The number of nitrogens with two attached hydrogens (primary N) is 1. The SMILES string of the molecule is CC1OC(C)C(C(N)c2cccc3ccsc23)C1C. The monoisotopic (exact) mass is 275 g/mol. The van der Waals surface area contributed by atoms with Gasteiger partial charge < -0.3 is 10.5 Å². The molecule has 0 saturated carbocycles. The third-order valence-corrected chi connectivity index (χ3v) is 5.58. The van der Waals surface area contributed by atoms with E-state index in [1.54, 1.807) is 11.3 Å². The number of benzene rings is 1. The highest BCUT2D eigenvalue weighted by molar-refractivity contribution is 7.17. The van der Waals surface area contributed by atoms with Gasteiger partial charge in [0, 0.05) is 16.7 Å². The summed E-state index contributed by atoms with van der Waals surface area (Å²) in [7, 11) is 0. The van der Waals surface area contributed by atoms with Crippen LogP contribution in [0, 0.1) is 11.8 Å². The topological polar surface area (TPSA) is 35.2 Å². The molecule has 3 heteroatoms. The number of hydrogen-bond donors (Lipinski definition) is 1. The average Bonchev–Trinajstić information content (AvgIpc) is 2.94. The van der Waals surface area contributed by atoms with E-state index in [0.717, 1.165) is 0 Å². The largest absolute Gasteiger partial charge is 0.375 e. The van der Waals surface area contributed by atoms with Gasteiger partial charge in [-0.2, -0.15) is 0 Å². The second kappa shape index (κ2) is 4.89. The third-order valence-electron chi connectivity index (χ3n) is 4.60. The zero-order valence-electron chi connectivity index (χ0n) is 11.7. The van der Waals surface area contributed by atoms with Crippen LogP contribution in [0.15, 0.2) is 29.6 Å². The van der Waals surface area contributed by atoms with Gasteiger partial charge >= 0.3 is 0 Å². The summed E-state index contributed by atoms with van der Waals surface area (Å²) < 4.78 is 7.27. The Labute approximate surface area is 118 Å². The molecule has 3 rings (SSSR count). The van der Waals surface area contributed by atoms with E-state index in [1.165, 1.54) is 15.6 Å². The van der Waals surface area contributed by atoms with Gasteiger partial charge in [-0.05, 0) is 42.2 Å². The number of hydrogen-bond acceptors (Lipinski definition) is 3. The molecule has 1 aliphatic rings. The summed E-state index contributed by atoms with van der Waals surface area (Å²) in [6.45, 7) is 6.56. The molecule has 1 aromatic carbocycles. The van der Waals surface area contributed by atoms with E-state index < -0.39 is 0 Å². The third kappa shape index (κ3) is 2.10. The van der Waals surface area contributed by atoms with E-state index in [1.807, 2.05) is 0 Å². The first-order chi connectivity index (χ1) is 9.09. The molecule has 19 heavy (non-hydrogen) atoms. The molecule has 2 aromatic rings. The van der Waals surface area contributed by atoms with Crippen molar-refractivity contribution in [2.24, 2.45) is 17.6 Å². The van der Waals surface area contributed by atoms with Crippen molar-refractivity contribution < 1.29 is 4.74 Å². The molecule has 0 bridgehead atoms. The van der Waals surface area contributed by atoms with Crippen molar-refractivity contribution in [1.29, 1.82) is 0 Å². The van der Waals surface area contributed by atoms with Crippen molar-refractivity contribution in [3.63, 3.8) is 0 Å². The van der Waals surface area contributed by atoms with Crippen molar-refractivity contribution in [3.05, 3.63) is 35.2 Å². The highest BCUT2D eigenvalue weighted by Gasteiger charge is 2.41. The molecule has 1 fully saturated rings. The molecule has 1 saturated heterocycles. The molecular formula is C16H21NOS. The number of fused-ring (bicyclic) bond motifs is 1. The van der Waals surface area contributed by atoms with Crippen LogP contribution in [0.5, 0.6) is 0 Å². The van der Waals surface area contributed by atoms with Crippen LogP contribution in [-0.4, -0.2) is 12.2 Å². The Morgan fingerprint density at radius 3 is 2.63 bits per heavy atom. The molecule has 5 atom stereocenters. The minimum Gasteiger partial charge on any atom is -0.375 e. The lowest BCUT2D eigenvalue weighted by atomic mass is 9.81. The molecule has 1 aromatic heterocycles. The minimum atomic E-state index is 0.0531. The highest BCUT2D eigenvalue weighted by Crippen LogP contribution is 2.41. The van der Waals surface area contributed by atoms with Gasteiger partial charge in [0.15, 0.2) is 0 Å². The van der Waals surface area contributed by atoms with Crippen molar-refractivity contribution in [3.8, 4) is 0 Å². The quantitative estimate of drug-likeness (QED) is 0.900. The van der Waals surface area contributed by atoms with Crippen molar-refractivity contribution in [2.75, 3.05) is 0 Å². The van der Waals surface area contributed by atoms with E-state index >= 15 is 0 Å². The lowest BCUT2D eigenvalue weighted by molar-refractivity contribution is 0.0490. The summed E-state index contributed by atoms with van der Waals surface area (Å²) in [5, 5.41) is 3.44. The number of rotatable bonds is 2. The fourth-order valence-electron chi connectivity index (χ4n) is 3.40. The van der Waals surface area contributed by atoms with Gasteiger partial charge in [0.25, 0.3) is 0 Å². The normalized spacial score (nSPS) is 32.8. The van der Waals surface area contributed by atoms with Crippen LogP contribution in [0.1, 0.15) is 32.4 Å². The Balaban J connectivity index is 2.00. The van der Waals surface area contributed by atoms with Gasteiger partial charge in [-0.15, -0.1) is 11.3 Å². The van der Waals surface area contributed by atoms with Gasteiger partial charge in [0.1, 0.15) is 0 Å². The van der Waals surface area contributed by atoms with Crippen molar-refractivity contribution >= 4 is 21.4 Å². The van der Waals surface area contributed by atoms with Crippen molar-refractivity contribution in [2.45, 2.75) is 39.0 Å². The molecule has 0 aliphatic carbocycles. The zero-order chi connectivity index (χ0) is 13.6. The first-order valence-corrected chi connectivity index (χ1v) is 7.84. The molecule has 102 valence electrons. The maximum atomic E-state index is 6.60. The van der Waals surface area contributed by atoms with Crippen LogP contribution in [0.25, 0.3) is 10.1 Å². The Morgan fingerprint density at radius 1 is 1.16 bits per heavy atom. The molecule has 0 amide bonds. The maximum Gasteiger partial charge on any atom is 0.0600 e. The summed E-state index contributed by atoms with van der Waals surface area (Å²) in [5.74, 6) is 0.892. The average molecular weight is 275 g/mol. The molecule has 0 spiro atoms. The van der Waals surface area contributed by atoms with E-state index in [4.69, 9.17) is 10.5 Å². The second-order valence-corrected chi connectivity index (χ2v) is 6.61. The lowest BCUT2D eigenvalue weighted by Crippen LogP contribution is -2.30. The molecule has 2 N–H and O–H groups in total. The van der Waals surface area contributed by atoms with Crippen LogP contribution < -0.4 is 5.73 Å². The smallest absolute Gasteiger partial charge is 0.0600 e. The van der Waals surface area contributed by atoms with E-state index in [-0.39, 0.29) is 12.1 Å². The first-order valence-electron chi connectivity index (χ1n) is 6.96. The van der Waals surface area contributed by atoms with Gasteiger partial charge in [-0.3, -0.25) is 0 Å². The maximum absolute atomic E-state index is 6.60. The van der Waals surface area contributed by atoms with Crippen LogP contribution in [-0.2, 0) is 4.74 Å². The molecular weight excluding hydrogens is 254 g/mol.